The Kier molecular flexibility index (Phi) is 4.80. The van der Waals surface area contributed by atoms with E-state index in [0.29, 0.717) is 30.8 Å². The van der Waals surface area contributed by atoms with Gasteiger partial charge in [0.15, 0.2) is 0 Å². The summed E-state index contributed by atoms with van der Waals surface area (Å²) in [5.74, 6) is -0.595. The molecule has 1 saturated heterocycles. The molecule has 1 fully saturated rings. The molecule has 1 atom stereocenters. The molecule has 0 spiro atoms. The smallest absolute Gasteiger partial charge is 0.330 e. The number of ether oxygens (including phenoxy) is 1. The second-order valence-electron chi connectivity index (χ2n) is 4.92. The average Bonchev–Trinajstić information content (AvgIpc) is 2.49. The van der Waals surface area contributed by atoms with Crippen LogP contribution in [0.3, 0.4) is 0 Å². The van der Waals surface area contributed by atoms with Gasteiger partial charge >= 0.3 is 5.97 Å². The standard InChI is InChI=1S/C15H20N2O4/c1-3-21-15(20)12-9-16-7-8-17(12)14(19)11-5-4-6-13(18)10(11)2/h4-6,12,16,18H,3,7-9H2,1-2H3. The molecule has 2 N–H and O–H groups in total. The molecule has 6 nitrogen and oxygen atoms in total. The summed E-state index contributed by atoms with van der Waals surface area (Å²) in [5, 5.41) is 12.8. The lowest BCUT2D eigenvalue weighted by Crippen LogP contribution is -2.57. The van der Waals surface area contributed by atoms with Gasteiger partial charge in [-0.2, -0.15) is 0 Å². The van der Waals surface area contributed by atoms with Crippen molar-refractivity contribution in [3.05, 3.63) is 29.3 Å². The average molecular weight is 292 g/mol. The summed E-state index contributed by atoms with van der Waals surface area (Å²) in [7, 11) is 0. The van der Waals surface area contributed by atoms with Crippen molar-refractivity contribution in [3.8, 4) is 5.75 Å². The molecule has 0 aliphatic carbocycles. The van der Waals surface area contributed by atoms with Crippen LogP contribution in [-0.4, -0.2) is 54.2 Å². The number of nitrogens with one attached hydrogen (secondary N) is 1. The number of esters is 1. The molecule has 0 bridgehead atoms. The number of aromatic hydroxyl groups is 1. The number of amides is 1. The van der Waals surface area contributed by atoms with Gasteiger partial charge in [0.1, 0.15) is 11.8 Å². The van der Waals surface area contributed by atoms with Crippen molar-refractivity contribution < 1.29 is 19.4 Å². The molecule has 1 aliphatic heterocycles. The molecule has 1 aromatic rings. The van der Waals surface area contributed by atoms with E-state index in [1.807, 2.05) is 0 Å². The maximum atomic E-state index is 12.7. The Bertz CT molecular complexity index is 544. The minimum Gasteiger partial charge on any atom is -0.508 e. The molecule has 21 heavy (non-hydrogen) atoms. The highest BCUT2D eigenvalue weighted by Crippen LogP contribution is 2.22. The number of phenols is 1. The van der Waals surface area contributed by atoms with Gasteiger partial charge in [0.25, 0.3) is 5.91 Å². The van der Waals surface area contributed by atoms with Crippen LogP contribution < -0.4 is 5.32 Å². The van der Waals surface area contributed by atoms with Crippen molar-refractivity contribution in [1.82, 2.24) is 10.2 Å². The monoisotopic (exact) mass is 292 g/mol. The zero-order valence-electron chi connectivity index (χ0n) is 12.3. The van der Waals surface area contributed by atoms with E-state index in [2.05, 4.69) is 5.32 Å². The number of benzene rings is 1. The summed E-state index contributed by atoms with van der Waals surface area (Å²) in [6, 6.07) is 4.18. The lowest BCUT2D eigenvalue weighted by Gasteiger charge is -2.34. The maximum absolute atomic E-state index is 12.7. The van der Waals surface area contributed by atoms with Gasteiger partial charge in [0.2, 0.25) is 0 Å². The highest BCUT2D eigenvalue weighted by atomic mass is 16.5. The fraction of sp³-hybridized carbons (Fsp3) is 0.467. The van der Waals surface area contributed by atoms with Crippen LogP contribution in [0, 0.1) is 6.92 Å². The van der Waals surface area contributed by atoms with Crippen LogP contribution in [0.2, 0.25) is 0 Å². The van der Waals surface area contributed by atoms with Crippen LogP contribution in [0.25, 0.3) is 0 Å². The number of phenolic OH excluding ortho intramolecular Hbond substituents is 1. The molecular formula is C15H20N2O4. The summed E-state index contributed by atoms with van der Waals surface area (Å²) in [6.07, 6.45) is 0. The number of carbonyl (C=O) groups excluding carboxylic acids is 2. The Balaban J connectivity index is 2.26. The minimum absolute atomic E-state index is 0.0728. The van der Waals surface area contributed by atoms with E-state index in [4.69, 9.17) is 4.74 Å². The Morgan fingerprint density at radius 1 is 1.48 bits per heavy atom. The zero-order chi connectivity index (χ0) is 15.4. The normalized spacial score (nSPS) is 18.4. The van der Waals surface area contributed by atoms with Crippen LogP contribution in [0.5, 0.6) is 5.75 Å². The summed E-state index contributed by atoms with van der Waals surface area (Å²) in [4.78, 5) is 26.2. The van der Waals surface area contributed by atoms with Crippen molar-refractivity contribution in [3.63, 3.8) is 0 Å². The maximum Gasteiger partial charge on any atom is 0.330 e. The number of nitrogens with zero attached hydrogens (tertiary/aromatic N) is 1. The van der Waals surface area contributed by atoms with E-state index >= 15 is 0 Å². The van der Waals surface area contributed by atoms with E-state index in [-0.39, 0.29) is 18.3 Å². The first-order valence-corrected chi connectivity index (χ1v) is 7.03. The molecule has 0 radical (unpaired) electrons. The third-order valence-electron chi connectivity index (χ3n) is 3.60. The molecule has 1 aromatic carbocycles. The van der Waals surface area contributed by atoms with Crippen LogP contribution >= 0.6 is 0 Å². The second-order valence-corrected chi connectivity index (χ2v) is 4.92. The first kappa shape index (κ1) is 15.3. The molecule has 1 aliphatic rings. The summed E-state index contributed by atoms with van der Waals surface area (Å²) in [5.41, 5.74) is 0.926. The largest absolute Gasteiger partial charge is 0.508 e. The minimum atomic E-state index is -0.632. The lowest BCUT2D eigenvalue weighted by molar-refractivity contribution is -0.149. The Hall–Kier alpha value is -2.08. The fourth-order valence-electron chi connectivity index (χ4n) is 2.41. The topological polar surface area (TPSA) is 78.9 Å². The third-order valence-corrected chi connectivity index (χ3v) is 3.60. The van der Waals surface area contributed by atoms with Crippen molar-refractivity contribution in [2.75, 3.05) is 26.2 Å². The predicted octanol–water partition coefficient (Wildman–Crippen LogP) is 0.678. The van der Waals surface area contributed by atoms with Crippen molar-refractivity contribution in [2.24, 2.45) is 0 Å². The quantitative estimate of drug-likeness (QED) is 0.801. The van der Waals surface area contributed by atoms with Gasteiger partial charge < -0.3 is 20.1 Å². The van der Waals surface area contributed by atoms with Crippen LogP contribution in [-0.2, 0) is 9.53 Å². The highest BCUT2D eigenvalue weighted by molar-refractivity contribution is 5.98. The van der Waals surface area contributed by atoms with Crippen molar-refractivity contribution in [2.45, 2.75) is 19.9 Å². The van der Waals surface area contributed by atoms with Gasteiger partial charge in [-0.15, -0.1) is 0 Å². The molecule has 1 amide bonds. The van der Waals surface area contributed by atoms with E-state index < -0.39 is 12.0 Å². The van der Waals surface area contributed by atoms with Crippen molar-refractivity contribution in [1.29, 1.82) is 0 Å². The molecule has 2 rings (SSSR count). The molecule has 6 heteroatoms. The molecule has 0 aromatic heterocycles. The number of piperazine rings is 1. The van der Waals surface area contributed by atoms with E-state index in [0.717, 1.165) is 0 Å². The first-order chi connectivity index (χ1) is 10.1. The van der Waals surface area contributed by atoms with E-state index in [1.54, 1.807) is 26.0 Å². The van der Waals surface area contributed by atoms with Gasteiger partial charge in [0.05, 0.1) is 6.61 Å². The van der Waals surface area contributed by atoms with E-state index in [9.17, 15) is 14.7 Å². The van der Waals surface area contributed by atoms with Crippen LogP contribution in [0.4, 0.5) is 0 Å². The number of carbonyl (C=O) groups is 2. The van der Waals surface area contributed by atoms with Gasteiger partial charge in [-0.25, -0.2) is 4.79 Å². The summed E-state index contributed by atoms with van der Waals surface area (Å²) in [6.45, 7) is 5.13. The lowest BCUT2D eigenvalue weighted by atomic mass is 10.0. The predicted molar refractivity (Wildman–Crippen MR) is 77.2 cm³/mol. The fourth-order valence-corrected chi connectivity index (χ4v) is 2.41. The van der Waals surface area contributed by atoms with Gasteiger partial charge in [-0.3, -0.25) is 4.79 Å². The SMILES string of the molecule is CCOC(=O)C1CNCCN1C(=O)c1cccc(O)c1C. The third kappa shape index (κ3) is 3.16. The van der Waals surface area contributed by atoms with Gasteiger partial charge in [-0.05, 0) is 26.0 Å². The zero-order valence-corrected chi connectivity index (χ0v) is 12.3. The van der Waals surface area contributed by atoms with Crippen molar-refractivity contribution >= 4 is 11.9 Å². The van der Waals surface area contributed by atoms with Crippen LogP contribution in [0.1, 0.15) is 22.8 Å². The molecule has 114 valence electrons. The Morgan fingerprint density at radius 3 is 2.95 bits per heavy atom. The van der Waals surface area contributed by atoms with Gasteiger partial charge in [0, 0.05) is 30.8 Å². The Labute approximate surface area is 123 Å². The molecule has 0 saturated carbocycles. The second kappa shape index (κ2) is 6.58. The first-order valence-electron chi connectivity index (χ1n) is 7.03. The number of hydrogen-bond acceptors (Lipinski definition) is 5. The Morgan fingerprint density at radius 2 is 2.24 bits per heavy atom. The number of hydrogen-bond donors (Lipinski definition) is 2. The van der Waals surface area contributed by atoms with Crippen LogP contribution in [0.15, 0.2) is 18.2 Å². The molecule has 1 unspecified atom stereocenters. The number of rotatable bonds is 3. The molecular weight excluding hydrogens is 272 g/mol. The highest BCUT2D eigenvalue weighted by Gasteiger charge is 2.34. The van der Waals surface area contributed by atoms with Gasteiger partial charge in [-0.1, -0.05) is 6.07 Å². The summed E-state index contributed by atoms with van der Waals surface area (Å²) >= 11 is 0. The van der Waals surface area contributed by atoms with E-state index in [1.165, 1.54) is 11.0 Å². The molecule has 1 heterocycles. The summed E-state index contributed by atoms with van der Waals surface area (Å²) < 4.78 is 5.03.